The van der Waals surface area contributed by atoms with Crippen LogP contribution in [0, 0.1) is 6.92 Å². The van der Waals surface area contributed by atoms with Gasteiger partial charge in [-0.2, -0.15) is 0 Å². The second-order valence-electron chi connectivity index (χ2n) is 2.21. The number of hydrogen-bond acceptors (Lipinski definition) is 3. The molecule has 62 valence electrons. The average molecular weight is 179 g/mol. The zero-order chi connectivity index (χ0) is 8.81. The minimum Gasteiger partial charge on any atom is -0.295 e. The Morgan fingerprint density at radius 2 is 2.25 bits per heavy atom. The Hall–Kier alpha value is -1.22. The van der Waals surface area contributed by atoms with Crippen LogP contribution in [0.4, 0.5) is 0 Å². The molecule has 0 aliphatic carbocycles. The highest BCUT2D eigenvalue weighted by Crippen LogP contribution is 1.97. The zero-order valence-corrected chi connectivity index (χ0v) is 7.54. The number of carbonyl (C=O) groups is 1. The Balaban J connectivity index is 3.30. The summed E-state index contributed by atoms with van der Waals surface area (Å²) in [6.07, 6.45) is 0.762. The van der Waals surface area contributed by atoms with Gasteiger partial charge in [-0.25, -0.2) is 4.98 Å². The number of carbonyl (C=O) groups excluding carboxylic acids is 1. The monoisotopic (exact) mass is 179 g/mol. The predicted octanol–water partition coefficient (Wildman–Crippen LogP) is 2.39. The summed E-state index contributed by atoms with van der Waals surface area (Å²) in [5.74, 6) is 0. The summed E-state index contributed by atoms with van der Waals surface area (Å²) in [5.41, 5.74) is 0.838. The van der Waals surface area contributed by atoms with Crippen molar-refractivity contribution in [2.75, 3.05) is 0 Å². The van der Waals surface area contributed by atoms with Crippen molar-refractivity contribution < 1.29 is 4.79 Å². The zero-order valence-electron chi connectivity index (χ0n) is 6.73. The fraction of sp³-hybridized carbons (Fsp3) is 0.111. The largest absolute Gasteiger partial charge is 0.295 e. The van der Waals surface area contributed by atoms with Gasteiger partial charge in [0.05, 0.1) is 0 Å². The van der Waals surface area contributed by atoms with Gasteiger partial charge in [0.25, 0.3) is 0 Å². The van der Waals surface area contributed by atoms with Crippen LogP contribution in [0.15, 0.2) is 29.6 Å². The molecule has 1 aromatic rings. The van der Waals surface area contributed by atoms with Crippen LogP contribution in [0.3, 0.4) is 0 Å². The second kappa shape index (κ2) is 4.62. The van der Waals surface area contributed by atoms with Crippen molar-refractivity contribution in [3.05, 3.63) is 40.3 Å². The van der Waals surface area contributed by atoms with Crippen molar-refractivity contribution in [2.24, 2.45) is 0 Å². The first-order chi connectivity index (χ1) is 5.83. The van der Waals surface area contributed by atoms with Crippen molar-refractivity contribution in [1.29, 1.82) is 0 Å². The number of aromatic nitrogens is 1. The van der Waals surface area contributed by atoms with Crippen LogP contribution in [0.25, 0.3) is 0 Å². The maximum absolute atomic E-state index is 10.4. The number of aryl methyl sites for hydroxylation is 1. The summed E-state index contributed by atoms with van der Waals surface area (Å²) in [6, 6.07) is 7.53. The summed E-state index contributed by atoms with van der Waals surface area (Å²) in [4.78, 5) is 14.5. The highest BCUT2D eigenvalue weighted by molar-refractivity contribution is 7.10. The predicted molar refractivity (Wildman–Crippen MR) is 49.9 cm³/mol. The molecule has 0 atom stereocenters. The van der Waals surface area contributed by atoms with E-state index in [4.69, 9.17) is 0 Å². The van der Waals surface area contributed by atoms with Crippen LogP contribution in [-0.2, 0) is 0 Å². The fourth-order valence-electron chi connectivity index (χ4n) is 0.705. The van der Waals surface area contributed by atoms with E-state index in [2.05, 4.69) is 4.98 Å². The Labute approximate surface area is 75.2 Å². The minimum atomic E-state index is 0.490. The molecule has 0 radical (unpaired) electrons. The maximum Gasteiger partial charge on any atom is 0.178 e. The fourth-order valence-corrected chi connectivity index (χ4v) is 1.27. The lowest BCUT2D eigenvalue weighted by Gasteiger charge is -1.83. The average Bonchev–Trinajstić information content (AvgIpc) is 2.16. The molecule has 0 bridgehead atoms. The number of hydrogen-bond donors (Lipinski definition) is 0. The third-order valence-electron chi connectivity index (χ3n) is 1.21. The standard InChI is InChI=1S/C9H9NOS/c1-8-5-3-2-4-6-12-9(7-11)10-8/h2-7H,1H3. The second-order valence-corrected chi connectivity index (χ2v) is 3.13. The summed E-state index contributed by atoms with van der Waals surface area (Å²) < 4.78 is 0. The summed E-state index contributed by atoms with van der Waals surface area (Å²) in [7, 11) is 0. The Kier molecular flexibility index (Phi) is 3.41. The minimum absolute atomic E-state index is 0.490. The lowest BCUT2D eigenvalue weighted by Crippen LogP contribution is -1.80. The van der Waals surface area contributed by atoms with E-state index in [0.29, 0.717) is 5.01 Å². The van der Waals surface area contributed by atoms with Gasteiger partial charge in [0.2, 0.25) is 0 Å². The van der Waals surface area contributed by atoms with Crippen LogP contribution >= 0.6 is 11.3 Å². The van der Waals surface area contributed by atoms with E-state index >= 15 is 0 Å². The molecule has 0 spiro atoms. The number of rotatable bonds is 1. The van der Waals surface area contributed by atoms with Crippen molar-refractivity contribution in [2.45, 2.75) is 6.92 Å². The molecule has 0 unspecified atom stereocenters. The van der Waals surface area contributed by atoms with Gasteiger partial charge < -0.3 is 0 Å². The smallest absolute Gasteiger partial charge is 0.178 e. The molecule has 0 fully saturated rings. The van der Waals surface area contributed by atoms with Gasteiger partial charge in [-0.1, -0.05) is 18.2 Å². The van der Waals surface area contributed by atoms with Crippen molar-refractivity contribution >= 4 is 17.6 Å². The van der Waals surface area contributed by atoms with Crippen LogP contribution < -0.4 is 0 Å². The van der Waals surface area contributed by atoms with E-state index in [1.54, 1.807) is 0 Å². The molecule has 0 aromatic carbocycles. The molecule has 0 amide bonds. The molecular weight excluding hydrogens is 170 g/mol. The Morgan fingerprint density at radius 1 is 1.42 bits per heavy atom. The van der Waals surface area contributed by atoms with Gasteiger partial charge in [0, 0.05) is 5.69 Å². The highest BCUT2D eigenvalue weighted by atomic mass is 32.1. The molecule has 0 saturated heterocycles. The first-order valence-corrected chi connectivity index (χ1v) is 4.41. The first-order valence-electron chi connectivity index (χ1n) is 3.53. The van der Waals surface area contributed by atoms with Crippen LogP contribution in [0.2, 0.25) is 0 Å². The molecule has 0 N–H and O–H groups in total. The summed E-state index contributed by atoms with van der Waals surface area (Å²) in [5, 5.41) is 2.32. The lowest BCUT2D eigenvalue weighted by molar-refractivity contribution is 0.112. The van der Waals surface area contributed by atoms with Gasteiger partial charge in [-0.15, -0.1) is 11.3 Å². The van der Waals surface area contributed by atoms with Gasteiger partial charge >= 0.3 is 0 Å². The molecule has 0 aliphatic heterocycles. The number of aldehydes is 1. The quantitative estimate of drug-likeness (QED) is 0.619. The third kappa shape index (κ3) is 2.80. The topological polar surface area (TPSA) is 30.0 Å². The summed E-state index contributed by atoms with van der Waals surface area (Å²) in [6.45, 7) is 1.86. The molecule has 12 heavy (non-hydrogen) atoms. The van der Waals surface area contributed by atoms with Crippen molar-refractivity contribution in [3.63, 3.8) is 0 Å². The van der Waals surface area contributed by atoms with E-state index in [0.717, 1.165) is 12.0 Å². The Morgan fingerprint density at radius 3 is 3.00 bits per heavy atom. The molecule has 1 aromatic heterocycles. The normalized spacial score (nSPS) is 8.75. The van der Waals surface area contributed by atoms with Gasteiger partial charge in [-0.3, -0.25) is 4.79 Å². The molecule has 1 heterocycles. The van der Waals surface area contributed by atoms with Crippen LogP contribution in [-0.4, -0.2) is 11.3 Å². The van der Waals surface area contributed by atoms with E-state index in [-0.39, 0.29) is 0 Å². The van der Waals surface area contributed by atoms with Crippen LogP contribution in [0.1, 0.15) is 15.5 Å². The van der Waals surface area contributed by atoms with Gasteiger partial charge in [0.15, 0.2) is 11.3 Å². The van der Waals surface area contributed by atoms with E-state index in [1.165, 1.54) is 11.3 Å². The highest BCUT2D eigenvalue weighted by Gasteiger charge is 1.86. The first kappa shape index (κ1) is 8.87. The SMILES string of the molecule is Cc1cccccsc(C=O)n1. The van der Waals surface area contributed by atoms with Gasteiger partial charge in [-0.05, 0) is 18.4 Å². The summed E-state index contributed by atoms with van der Waals surface area (Å²) >= 11 is 1.32. The van der Waals surface area contributed by atoms with Gasteiger partial charge in [0.1, 0.15) is 0 Å². The van der Waals surface area contributed by atoms with E-state index < -0.39 is 0 Å². The van der Waals surface area contributed by atoms with Crippen molar-refractivity contribution in [1.82, 2.24) is 4.98 Å². The maximum atomic E-state index is 10.4. The third-order valence-corrected chi connectivity index (χ3v) is 1.94. The molecular formula is C9H9NOS. The van der Waals surface area contributed by atoms with E-state index in [1.807, 2.05) is 36.6 Å². The molecule has 2 nitrogen and oxygen atoms in total. The van der Waals surface area contributed by atoms with Crippen LogP contribution in [0.5, 0.6) is 0 Å². The molecule has 1 rings (SSSR count). The molecule has 0 saturated carbocycles. The lowest BCUT2D eigenvalue weighted by atomic mass is 10.4. The molecule has 3 heteroatoms. The number of nitrogens with zero attached hydrogens (tertiary/aromatic N) is 1. The van der Waals surface area contributed by atoms with E-state index in [9.17, 15) is 4.79 Å². The van der Waals surface area contributed by atoms with Crippen molar-refractivity contribution in [3.8, 4) is 0 Å². The molecule has 0 aliphatic rings. The Bertz CT molecular complexity index is 318.